The summed E-state index contributed by atoms with van der Waals surface area (Å²) in [5.74, 6) is 0.469. The van der Waals surface area contributed by atoms with E-state index in [4.69, 9.17) is 11.6 Å². The Morgan fingerprint density at radius 1 is 1.20 bits per heavy atom. The van der Waals surface area contributed by atoms with Gasteiger partial charge in [-0.3, -0.25) is 0 Å². The Morgan fingerprint density at radius 2 is 1.85 bits per heavy atom. The summed E-state index contributed by atoms with van der Waals surface area (Å²) in [6, 6.07) is 7.67. The second kappa shape index (κ2) is 6.92. The Kier molecular flexibility index (Phi) is 5.47. The van der Waals surface area contributed by atoms with Crippen LogP contribution in [-0.2, 0) is 21.7 Å². The molecule has 0 N–H and O–H groups in total. The van der Waals surface area contributed by atoms with Gasteiger partial charge in [-0.1, -0.05) is 43.5 Å². The molecule has 5 heteroatoms. The van der Waals surface area contributed by atoms with Gasteiger partial charge in [-0.2, -0.15) is 0 Å². The number of alkyl halides is 1. The zero-order valence-electron chi connectivity index (χ0n) is 11.9. The average Bonchev–Trinajstić information content (AvgIpc) is 2.47. The molecule has 1 aliphatic rings. The van der Waals surface area contributed by atoms with Crippen LogP contribution < -0.4 is 0 Å². The third-order valence-corrected chi connectivity index (χ3v) is 6.20. The van der Waals surface area contributed by atoms with Gasteiger partial charge >= 0.3 is 0 Å². The van der Waals surface area contributed by atoms with Crippen molar-refractivity contribution in [2.24, 2.45) is 0 Å². The third-order valence-electron chi connectivity index (χ3n) is 4.02. The molecule has 2 rings (SSSR count). The minimum atomic E-state index is -3.25. The summed E-state index contributed by atoms with van der Waals surface area (Å²) in [5, 5.41) is 0. The first-order chi connectivity index (χ1) is 9.53. The van der Waals surface area contributed by atoms with Gasteiger partial charge in [0.25, 0.3) is 0 Å². The summed E-state index contributed by atoms with van der Waals surface area (Å²) in [6.45, 7) is 0. The first-order valence-electron chi connectivity index (χ1n) is 7.12. The molecular formula is C15H22ClNO2S. The number of hydrogen-bond acceptors (Lipinski definition) is 2. The Morgan fingerprint density at radius 3 is 2.50 bits per heavy atom. The van der Waals surface area contributed by atoms with E-state index >= 15 is 0 Å². The van der Waals surface area contributed by atoms with Crippen molar-refractivity contribution < 1.29 is 8.42 Å². The summed E-state index contributed by atoms with van der Waals surface area (Å²) in [7, 11) is -1.53. The highest BCUT2D eigenvalue weighted by Gasteiger charge is 2.27. The molecule has 0 aromatic heterocycles. The number of sulfonamides is 1. The maximum Gasteiger partial charge on any atom is 0.218 e. The van der Waals surface area contributed by atoms with Crippen LogP contribution in [-0.4, -0.2) is 25.8 Å². The standard InChI is InChI=1S/C15H22ClNO2S/c1-17(15-8-3-2-4-9-15)20(18,19)12-14-7-5-6-13(10-14)11-16/h5-7,10,15H,2-4,8-9,11-12H2,1H3. The van der Waals surface area contributed by atoms with E-state index in [0.29, 0.717) is 5.88 Å². The molecular weight excluding hydrogens is 294 g/mol. The number of rotatable bonds is 5. The van der Waals surface area contributed by atoms with Crippen LogP contribution in [0.5, 0.6) is 0 Å². The quantitative estimate of drug-likeness (QED) is 0.780. The van der Waals surface area contributed by atoms with Crippen LogP contribution >= 0.6 is 11.6 Å². The van der Waals surface area contributed by atoms with Gasteiger partial charge in [0, 0.05) is 19.0 Å². The molecule has 1 aliphatic carbocycles. The van der Waals surface area contributed by atoms with E-state index in [0.717, 1.165) is 36.8 Å². The lowest BCUT2D eigenvalue weighted by atomic mass is 9.96. The van der Waals surface area contributed by atoms with Gasteiger partial charge in [-0.05, 0) is 24.0 Å². The third kappa shape index (κ3) is 3.96. The van der Waals surface area contributed by atoms with Gasteiger partial charge in [-0.15, -0.1) is 11.6 Å². The van der Waals surface area contributed by atoms with Crippen molar-refractivity contribution >= 4 is 21.6 Å². The highest BCUT2D eigenvalue weighted by atomic mass is 35.5. The molecule has 0 aliphatic heterocycles. The van der Waals surface area contributed by atoms with Crippen LogP contribution in [0.1, 0.15) is 43.2 Å². The van der Waals surface area contributed by atoms with E-state index < -0.39 is 10.0 Å². The lowest BCUT2D eigenvalue weighted by molar-refractivity contribution is 0.285. The first-order valence-corrected chi connectivity index (χ1v) is 9.27. The van der Waals surface area contributed by atoms with Crippen molar-refractivity contribution in [3.8, 4) is 0 Å². The summed E-state index contributed by atoms with van der Waals surface area (Å²) in [4.78, 5) is 0. The molecule has 1 aromatic carbocycles. The zero-order chi connectivity index (χ0) is 14.6. The van der Waals surface area contributed by atoms with Gasteiger partial charge in [0.15, 0.2) is 0 Å². The Hall–Kier alpha value is -0.580. The number of nitrogens with zero attached hydrogens (tertiary/aromatic N) is 1. The molecule has 0 atom stereocenters. The van der Waals surface area contributed by atoms with E-state index in [1.54, 1.807) is 11.4 Å². The lowest BCUT2D eigenvalue weighted by Gasteiger charge is -2.30. The van der Waals surface area contributed by atoms with Crippen LogP contribution in [0.4, 0.5) is 0 Å². The van der Waals surface area contributed by atoms with Gasteiger partial charge in [0.1, 0.15) is 0 Å². The van der Waals surface area contributed by atoms with Crippen molar-refractivity contribution in [1.82, 2.24) is 4.31 Å². The fraction of sp³-hybridized carbons (Fsp3) is 0.600. The normalized spacial score (nSPS) is 17.6. The van der Waals surface area contributed by atoms with Crippen LogP contribution in [0.2, 0.25) is 0 Å². The van der Waals surface area contributed by atoms with E-state index in [2.05, 4.69) is 0 Å². The Balaban J connectivity index is 2.09. The molecule has 1 fully saturated rings. The molecule has 20 heavy (non-hydrogen) atoms. The van der Waals surface area contributed by atoms with Crippen LogP contribution in [0, 0.1) is 0 Å². The first kappa shape index (κ1) is 15.8. The van der Waals surface area contributed by atoms with Crippen LogP contribution in [0.25, 0.3) is 0 Å². The molecule has 0 amide bonds. The second-order valence-electron chi connectivity index (χ2n) is 5.52. The molecule has 0 radical (unpaired) electrons. The molecule has 0 bridgehead atoms. The van der Waals surface area contributed by atoms with Gasteiger partial charge in [-0.25, -0.2) is 12.7 Å². The molecule has 0 unspecified atom stereocenters. The number of benzene rings is 1. The van der Waals surface area contributed by atoms with E-state index in [1.807, 2.05) is 24.3 Å². The predicted molar refractivity (Wildman–Crippen MR) is 83.3 cm³/mol. The SMILES string of the molecule is CN(C1CCCCC1)S(=O)(=O)Cc1cccc(CCl)c1. The average molecular weight is 316 g/mol. The predicted octanol–water partition coefficient (Wildman–Crippen LogP) is 3.52. The fourth-order valence-corrected chi connectivity index (χ4v) is 4.42. The van der Waals surface area contributed by atoms with Gasteiger partial charge in [0.2, 0.25) is 10.0 Å². The largest absolute Gasteiger partial charge is 0.218 e. The van der Waals surface area contributed by atoms with Crippen LogP contribution in [0.3, 0.4) is 0 Å². The Labute approximate surface area is 127 Å². The molecule has 0 spiro atoms. The van der Waals surface area contributed by atoms with Gasteiger partial charge in [0.05, 0.1) is 5.75 Å². The smallest absolute Gasteiger partial charge is 0.212 e. The topological polar surface area (TPSA) is 37.4 Å². The number of halogens is 1. The molecule has 0 heterocycles. The maximum atomic E-state index is 12.5. The monoisotopic (exact) mass is 315 g/mol. The van der Waals surface area contributed by atoms with Crippen molar-refractivity contribution in [3.63, 3.8) is 0 Å². The lowest BCUT2D eigenvalue weighted by Crippen LogP contribution is -2.38. The zero-order valence-corrected chi connectivity index (χ0v) is 13.5. The summed E-state index contributed by atoms with van der Waals surface area (Å²) >= 11 is 5.79. The van der Waals surface area contributed by atoms with Crippen LogP contribution in [0.15, 0.2) is 24.3 Å². The van der Waals surface area contributed by atoms with E-state index in [1.165, 1.54) is 6.42 Å². The highest BCUT2D eigenvalue weighted by Crippen LogP contribution is 2.25. The van der Waals surface area contributed by atoms with Gasteiger partial charge < -0.3 is 0 Å². The molecule has 3 nitrogen and oxygen atoms in total. The second-order valence-corrected chi connectivity index (χ2v) is 7.81. The van der Waals surface area contributed by atoms with Crippen molar-refractivity contribution in [3.05, 3.63) is 35.4 Å². The van der Waals surface area contributed by atoms with Crippen molar-refractivity contribution in [2.75, 3.05) is 7.05 Å². The summed E-state index contributed by atoms with van der Waals surface area (Å²) < 4.78 is 26.6. The molecule has 0 saturated heterocycles. The van der Waals surface area contributed by atoms with Crippen molar-refractivity contribution in [2.45, 2.75) is 49.8 Å². The molecule has 1 saturated carbocycles. The van der Waals surface area contributed by atoms with E-state index in [-0.39, 0.29) is 11.8 Å². The minimum absolute atomic E-state index is 0.0602. The minimum Gasteiger partial charge on any atom is -0.212 e. The molecule has 112 valence electrons. The van der Waals surface area contributed by atoms with E-state index in [9.17, 15) is 8.42 Å². The number of hydrogen-bond donors (Lipinski definition) is 0. The fourth-order valence-electron chi connectivity index (χ4n) is 2.79. The van der Waals surface area contributed by atoms with Crippen molar-refractivity contribution in [1.29, 1.82) is 0 Å². The highest BCUT2D eigenvalue weighted by molar-refractivity contribution is 7.88. The molecule has 1 aromatic rings. The summed E-state index contributed by atoms with van der Waals surface area (Å²) in [5.41, 5.74) is 1.77. The maximum absolute atomic E-state index is 12.5. The Bertz CT molecular complexity index is 539. The summed E-state index contributed by atoms with van der Waals surface area (Å²) in [6.07, 6.45) is 5.45.